The molecule has 0 aromatic carbocycles. The van der Waals surface area contributed by atoms with Gasteiger partial charge in [-0.25, -0.2) is 9.97 Å². The SMILES string of the molecule is CCCCCCCCCCCCc1cnc(-c2ccc(CCCCCCCCCC)cn2)nc1. The molecule has 0 aliphatic rings. The number of aromatic nitrogens is 3. The molecule has 0 saturated carbocycles. The van der Waals surface area contributed by atoms with Crippen LogP contribution in [0.4, 0.5) is 0 Å². The molecule has 0 amide bonds. The first-order chi connectivity index (χ1) is 16.8. The molecule has 0 bridgehead atoms. The second-order valence-electron chi connectivity index (χ2n) is 10.1. The summed E-state index contributed by atoms with van der Waals surface area (Å²) in [5, 5.41) is 0. The van der Waals surface area contributed by atoms with Gasteiger partial charge < -0.3 is 0 Å². The van der Waals surface area contributed by atoms with E-state index in [1.165, 1.54) is 127 Å². The minimum atomic E-state index is 0.741. The Bertz CT molecular complexity index is 708. The molecule has 0 fully saturated rings. The average molecular weight is 466 g/mol. The molecule has 3 nitrogen and oxygen atoms in total. The highest BCUT2D eigenvalue weighted by molar-refractivity contribution is 5.48. The first kappa shape index (κ1) is 28.5. The Morgan fingerprint density at radius 3 is 1.29 bits per heavy atom. The van der Waals surface area contributed by atoms with Gasteiger partial charge in [-0.1, -0.05) is 123 Å². The second-order valence-corrected chi connectivity index (χ2v) is 10.1. The van der Waals surface area contributed by atoms with Gasteiger partial charge in [-0.05, 0) is 42.9 Å². The first-order valence-corrected chi connectivity index (χ1v) is 14.6. The van der Waals surface area contributed by atoms with Gasteiger partial charge in [0.1, 0.15) is 5.69 Å². The highest BCUT2D eigenvalue weighted by atomic mass is 14.9. The van der Waals surface area contributed by atoms with E-state index in [1.807, 2.05) is 18.6 Å². The zero-order valence-electron chi connectivity index (χ0n) is 22.4. The smallest absolute Gasteiger partial charge is 0.178 e. The van der Waals surface area contributed by atoms with E-state index < -0.39 is 0 Å². The number of pyridine rings is 1. The molecule has 3 heteroatoms. The van der Waals surface area contributed by atoms with Gasteiger partial charge in [-0.15, -0.1) is 0 Å². The Morgan fingerprint density at radius 1 is 0.441 bits per heavy atom. The van der Waals surface area contributed by atoms with E-state index >= 15 is 0 Å². The molecule has 34 heavy (non-hydrogen) atoms. The van der Waals surface area contributed by atoms with Crippen LogP contribution in [-0.4, -0.2) is 15.0 Å². The van der Waals surface area contributed by atoms with Crippen LogP contribution < -0.4 is 0 Å². The second kappa shape index (κ2) is 19.5. The van der Waals surface area contributed by atoms with E-state index in [0.29, 0.717) is 0 Å². The largest absolute Gasteiger partial charge is 0.253 e. The van der Waals surface area contributed by atoms with Gasteiger partial charge in [0.25, 0.3) is 0 Å². The van der Waals surface area contributed by atoms with Gasteiger partial charge in [0, 0.05) is 18.6 Å². The van der Waals surface area contributed by atoms with E-state index in [2.05, 4.69) is 40.9 Å². The predicted molar refractivity (Wildman–Crippen MR) is 147 cm³/mol. The van der Waals surface area contributed by atoms with Crippen LogP contribution in [0.5, 0.6) is 0 Å². The van der Waals surface area contributed by atoms with Crippen molar-refractivity contribution < 1.29 is 0 Å². The van der Waals surface area contributed by atoms with Crippen LogP contribution in [0, 0.1) is 0 Å². The standard InChI is InChI=1S/C31H51N3/c1-3-5-7-9-11-13-14-16-18-20-22-29-26-33-31(34-27-29)30-24-23-28(25-32-30)21-19-17-15-12-10-8-6-4-2/h23-27H,3-22H2,1-2H3. The molecular weight excluding hydrogens is 414 g/mol. The van der Waals surface area contributed by atoms with Crippen molar-refractivity contribution >= 4 is 0 Å². The molecule has 2 aromatic rings. The number of unbranched alkanes of at least 4 members (excludes halogenated alkanes) is 16. The lowest BCUT2D eigenvalue weighted by Gasteiger charge is -2.05. The lowest BCUT2D eigenvalue weighted by Crippen LogP contribution is -1.96. The molecule has 0 aliphatic heterocycles. The third kappa shape index (κ3) is 13.2. The first-order valence-electron chi connectivity index (χ1n) is 14.6. The van der Waals surface area contributed by atoms with E-state index in [-0.39, 0.29) is 0 Å². The summed E-state index contributed by atoms with van der Waals surface area (Å²) in [7, 11) is 0. The molecule has 0 radical (unpaired) electrons. The summed E-state index contributed by atoms with van der Waals surface area (Å²) < 4.78 is 0. The van der Waals surface area contributed by atoms with Crippen LogP contribution >= 0.6 is 0 Å². The van der Waals surface area contributed by atoms with E-state index in [1.54, 1.807) is 0 Å². The summed E-state index contributed by atoms with van der Waals surface area (Å²) in [6.07, 6.45) is 32.8. The summed E-state index contributed by atoms with van der Waals surface area (Å²) in [5.74, 6) is 0.741. The Balaban J connectivity index is 1.56. The van der Waals surface area contributed by atoms with Crippen molar-refractivity contribution in [3.05, 3.63) is 41.9 Å². The Labute approximate surface area is 210 Å². The Hall–Kier alpha value is -1.77. The molecule has 0 spiro atoms. The van der Waals surface area contributed by atoms with Gasteiger partial charge >= 0.3 is 0 Å². The molecule has 0 aliphatic carbocycles. The van der Waals surface area contributed by atoms with Crippen LogP contribution in [0.2, 0.25) is 0 Å². The quantitative estimate of drug-likeness (QED) is 0.172. The lowest BCUT2D eigenvalue weighted by molar-refractivity contribution is 0.556. The van der Waals surface area contributed by atoms with Crippen molar-refractivity contribution in [2.45, 2.75) is 142 Å². The van der Waals surface area contributed by atoms with Crippen molar-refractivity contribution in [1.82, 2.24) is 15.0 Å². The molecule has 190 valence electrons. The maximum absolute atomic E-state index is 4.63. The van der Waals surface area contributed by atoms with Gasteiger partial charge in [-0.2, -0.15) is 0 Å². The van der Waals surface area contributed by atoms with Crippen LogP contribution in [0.25, 0.3) is 11.5 Å². The molecule has 0 atom stereocenters. The fraction of sp³-hybridized carbons (Fsp3) is 0.710. The van der Waals surface area contributed by atoms with Gasteiger partial charge in [0.2, 0.25) is 0 Å². The predicted octanol–water partition coefficient (Wildman–Crippen LogP) is 9.69. The molecule has 0 unspecified atom stereocenters. The van der Waals surface area contributed by atoms with Crippen molar-refractivity contribution in [1.29, 1.82) is 0 Å². The van der Waals surface area contributed by atoms with Crippen LogP contribution in [0.3, 0.4) is 0 Å². The molecule has 2 heterocycles. The van der Waals surface area contributed by atoms with Gasteiger partial charge in [0.15, 0.2) is 5.82 Å². The molecule has 0 saturated heterocycles. The minimum absolute atomic E-state index is 0.741. The molecule has 2 rings (SSSR count). The maximum Gasteiger partial charge on any atom is 0.178 e. The molecule has 2 aromatic heterocycles. The third-order valence-corrected chi connectivity index (χ3v) is 6.90. The van der Waals surface area contributed by atoms with Gasteiger partial charge in [0.05, 0.1) is 0 Å². The fourth-order valence-corrected chi connectivity index (χ4v) is 4.60. The topological polar surface area (TPSA) is 38.7 Å². The third-order valence-electron chi connectivity index (χ3n) is 6.90. The fourth-order valence-electron chi connectivity index (χ4n) is 4.60. The summed E-state index contributed by atoms with van der Waals surface area (Å²) in [6, 6.07) is 4.28. The van der Waals surface area contributed by atoms with Crippen LogP contribution in [0.1, 0.15) is 141 Å². The summed E-state index contributed by atoms with van der Waals surface area (Å²) >= 11 is 0. The molecular formula is C31H51N3. The van der Waals surface area contributed by atoms with Gasteiger partial charge in [-0.3, -0.25) is 4.98 Å². The lowest BCUT2D eigenvalue weighted by atomic mass is 10.0. The van der Waals surface area contributed by atoms with Crippen molar-refractivity contribution in [3.8, 4) is 11.5 Å². The van der Waals surface area contributed by atoms with Crippen LogP contribution in [-0.2, 0) is 12.8 Å². The van der Waals surface area contributed by atoms with E-state index in [0.717, 1.165) is 24.4 Å². The minimum Gasteiger partial charge on any atom is -0.253 e. The summed E-state index contributed by atoms with van der Waals surface area (Å²) in [5.41, 5.74) is 3.45. The van der Waals surface area contributed by atoms with E-state index in [4.69, 9.17) is 0 Å². The average Bonchev–Trinajstić information content (AvgIpc) is 2.87. The summed E-state index contributed by atoms with van der Waals surface area (Å²) in [6.45, 7) is 4.56. The normalized spacial score (nSPS) is 11.2. The van der Waals surface area contributed by atoms with E-state index in [9.17, 15) is 0 Å². The monoisotopic (exact) mass is 465 g/mol. The molecule has 0 N–H and O–H groups in total. The zero-order valence-corrected chi connectivity index (χ0v) is 22.4. The number of aryl methyl sites for hydroxylation is 2. The zero-order chi connectivity index (χ0) is 24.1. The number of rotatable bonds is 21. The maximum atomic E-state index is 4.63. The Morgan fingerprint density at radius 2 is 0.853 bits per heavy atom. The highest BCUT2D eigenvalue weighted by Crippen LogP contribution is 2.16. The summed E-state index contributed by atoms with van der Waals surface area (Å²) in [4.78, 5) is 13.8. The number of nitrogens with zero attached hydrogens (tertiary/aromatic N) is 3. The Kier molecular flexibility index (Phi) is 16.3. The van der Waals surface area contributed by atoms with Crippen molar-refractivity contribution in [3.63, 3.8) is 0 Å². The van der Waals surface area contributed by atoms with Crippen LogP contribution in [0.15, 0.2) is 30.7 Å². The highest BCUT2D eigenvalue weighted by Gasteiger charge is 2.04. The number of hydrogen-bond donors (Lipinski definition) is 0. The van der Waals surface area contributed by atoms with Crippen molar-refractivity contribution in [2.75, 3.05) is 0 Å². The number of hydrogen-bond acceptors (Lipinski definition) is 3. The van der Waals surface area contributed by atoms with Crippen molar-refractivity contribution in [2.24, 2.45) is 0 Å².